The third-order valence-corrected chi connectivity index (χ3v) is 4.80. The van der Waals surface area contributed by atoms with Crippen molar-refractivity contribution in [1.82, 2.24) is 0 Å². The van der Waals surface area contributed by atoms with Crippen molar-refractivity contribution in [2.45, 2.75) is 52.1 Å². The smallest absolute Gasteiger partial charge is 0.146 e. The minimum Gasteiger partial charge on any atom is -0.489 e. The molecule has 0 heterocycles. The third kappa shape index (κ3) is 1.66. The number of benzene rings is 1. The topological polar surface area (TPSA) is 26.3 Å². The first-order valence-corrected chi connectivity index (χ1v) is 6.95. The highest BCUT2D eigenvalue weighted by atomic mass is 16.5. The molecule has 3 rings (SSSR count). The maximum atomic E-state index is 11.7. The Bertz CT molecular complexity index is 492. The molecular weight excluding hydrogens is 224 g/mol. The number of hydrogen-bond acceptors (Lipinski definition) is 2. The maximum absolute atomic E-state index is 11.7. The molecular formula is C16H20O2. The van der Waals surface area contributed by atoms with Crippen molar-refractivity contribution in [1.29, 1.82) is 0 Å². The van der Waals surface area contributed by atoms with Gasteiger partial charge in [-0.2, -0.15) is 0 Å². The molecule has 2 aliphatic rings. The fraction of sp³-hybridized carbons (Fsp3) is 0.562. The molecule has 1 aromatic carbocycles. The van der Waals surface area contributed by atoms with E-state index in [1.165, 1.54) is 30.4 Å². The number of ketones is 1. The molecule has 0 bridgehead atoms. The van der Waals surface area contributed by atoms with Crippen LogP contribution in [0.15, 0.2) is 18.2 Å². The van der Waals surface area contributed by atoms with Gasteiger partial charge in [0.05, 0.1) is 5.41 Å². The van der Waals surface area contributed by atoms with Gasteiger partial charge >= 0.3 is 0 Å². The quantitative estimate of drug-likeness (QED) is 0.815. The summed E-state index contributed by atoms with van der Waals surface area (Å²) in [5, 5.41) is 0. The fourth-order valence-electron chi connectivity index (χ4n) is 3.06. The molecule has 0 aromatic heterocycles. The molecule has 2 nitrogen and oxygen atoms in total. The number of hydrogen-bond donors (Lipinski definition) is 0. The van der Waals surface area contributed by atoms with Crippen LogP contribution in [-0.2, 0) is 17.6 Å². The molecule has 0 radical (unpaired) electrons. The minimum atomic E-state index is -0.265. The van der Waals surface area contributed by atoms with Crippen LogP contribution in [0.3, 0.4) is 0 Å². The summed E-state index contributed by atoms with van der Waals surface area (Å²) in [6.07, 6.45) is 5.12. The monoisotopic (exact) mass is 244 g/mol. The molecule has 0 N–H and O–H groups in total. The second-order valence-corrected chi connectivity index (χ2v) is 5.79. The van der Waals surface area contributed by atoms with Crippen molar-refractivity contribution in [2.24, 2.45) is 5.41 Å². The number of ether oxygens (including phenoxy) is 1. The van der Waals surface area contributed by atoms with E-state index in [2.05, 4.69) is 25.1 Å². The zero-order chi connectivity index (χ0) is 12.8. The van der Waals surface area contributed by atoms with E-state index in [0.29, 0.717) is 12.2 Å². The molecule has 2 atom stereocenters. The SMILES string of the molecule is CCC1(C)C(=O)CC1Oc1ccc2c(c1)CCC2. The summed E-state index contributed by atoms with van der Waals surface area (Å²) in [7, 11) is 0. The van der Waals surface area contributed by atoms with E-state index in [1.54, 1.807) is 0 Å². The van der Waals surface area contributed by atoms with Gasteiger partial charge in [-0.05, 0) is 55.9 Å². The molecule has 2 aliphatic carbocycles. The fourth-order valence-corrected chi connectivity index (χ4v) is 3.06. The lowest BCUT2D eigenvalue weighted by atomic mass is 9.64. The summed E-state index contributed by atoms with van der Waals surface area (Å²) in [6, 6.07) is 6.41. The lowest BCUT2D eigenvalue weighted by Crippen LogP contribution is -2.54. The Morgan fingerprint density at radius 2 is 2.11 bits per heavy atom. The van der Waals surface area contributed by atoms with Gasteiger partial charge < -0.3 is 4.74 Å². The Labute approximate surface area is 108 Å². The van der Waals surface area contributed by atoms with Crippen LogP contribution in [-0.4, -0.2) is 11.9 Å². The largest absolute Gasteiger partial charge is 0.489 e. The van der Waals surface area contributed by atoms with Gasteiger partial charge in [0.15, 0.2) is 0 Å². The van der Waals surface area contributed by atoms with E-state index < -0.39 is 0 Å². The number of rotatable bonds is 3. The molecule has 0 amide bonds. The van der Waals surface area contributed by atoms with Crippen LogP contribution in [0.4, 0.5) is 0 Å². The Kier molecular flexibility index (Phi) is 2.69. The molecule has 0 aliphatic heterocycles. The predicted molar refractivity (Wildman–Crippen MR) is 70.9 cm³/mol. The van der Waals surface area contributed by atoms with E-state index in [-0.39, 0.29) is 11.5 Å². The van der Waals surface area contributed by atoms with Crippen molar-refractivity contribution in [3.05, 3.63) is 29.3 Å². The highest BCUT2D eigenvalue weighted by molar-refractivity contribution is 5.92. The van der Waals surface area contributed by atoms with E-state index in [1.807, 2.05) is 6.92 Å². The number of carbonyl (C=O) groups is 1. The van der Waals surface area contributed by atoms with Crippen LogP contribution >= 0.6 is 0 Å². The van der Waals surface area contributed by atoms with Crippen molar-refractivity contribution in [2.75, 3.05) is 0 Å². The van der Waals surface area contributed by atoms with E-state index in [9.17, 15) is 4.79 Å². The van der Waals surface area contributed by atoms with Gasteiger partial charge in [-0.3, -0.25) is 4.79 Å². The number of fused-ring (bicyclic) bond motifs is 1. The van der Waals surface area contributed by atoms with Crippen LogP contribution in [0.1, 0.15) is 44.2 Å². The lowest BCUT2D eigenvalue weighted by Gasteiger charge is -2.44. The molecule has 0 saturated heterocycles. The van der Waals surface area contributed by atoms with Crippen LogP contribution in [0, 0.1) is 5.41 Å². The summed E-state index contributed by atoms with van der Waals surface area (Å²) < 4.78 is 6.03. The van der Waals surface area contributed by atoms with Crippen molar-refractivity contribution in [3.8, 4) is 5.75 Å². The summed E-state index contributed by atoms with van der Waals surface area (Å²) in [5.41, 5.74) is 2.63. The third-order valence-electron chi connectivity index (χ3n) is 4.80. The Balaban J connectivity index is 1.76. The van der Waals surface area contributed by atoms with E-state index in [4.69, 9.17) is 4.74 Å². The van der Waals surface area contributed by atoms with Crippen LogP contribution < -0.4 is 4.74 Å². The standard InChI is InChI=1S/C16H20O2/c1-3-16(2)14(17)10-15(16)18-13-8-7-11-5-4-6-12(11)9-13/h7-9,15H,3-6,10H2,1-2H3. The number of aryl methyl sites for hydroxylation is 2. The summed E-state index contributed by atoms with van der Waals surface area (Å²) in [5.74, 6) is 1.28. The second-order valence-electron chi connectivity index (χ2n) is 5.79. The van der Waals surface area contributed by atoms with Gasteiger partial charge in [0.25, 0.3) is 0 Å². The van der Waals surface area contributed by atoms with Crippen molar-refractivity contribution in [3.63, 3.8) is 0 Å². The summed E-state index contributed by atoms with van der Waals surface area (Å²) in [4.78, 5) is 11.7. The second kappa shape index (κ2) is 4.11. The number of Topliss-reactive ketones (excluding diaryl/α,β-unsaturated/α-hetero) is 1. The lowest BCUT2D eigenvalue weighted by molar-refractivity contribution is -0.150. The molecule has 0 spiro atoms. The first-order chi connectivity index (χ1) is 8.63. The molecule has 96 valence electrons. The molecule has 18 heavy (non-hydrogen) atoms. The average Bonchev–Trinajstić information content (AvgIpc) is 2.84. The van der Waals surface area contributed by atoms with Crippen molar-refractivity contribution >= 4 is 5.78 Å². The zero-order valence-corrected chi connectivity index (χ0v) is 11.2. The summed E-state index contributed by atoms with van der Waals surface area (Å²) >= 11 is 0. The maximum Gasteiger partial charge on any atom is 0.146 e. The Morgan fingerprint density at radius 3 is 2.83 bits per heavy atom. The van der Waals surface area contributed by atoms with E-state index in [0.717, 1.165) is 12.2 Å². The highest BCUT2D eigenvalue weighted by Crippen LogP contribution is 2.42. The van der Waals surface area contributed by atoms with Crippen LogP contribution in [0.25, 0.3) is 0 Å². The highest BCUT2D eigenvalue weighted by Gasteiger charge is 2.51. The molecule has 2 unspecified atom stereocenters. The van der Waals surface area contributed by atoms with Crippen LogP contribution in [0.2, 0.25) is 0 Å². The normalized spacial score (nSPS) is 29.9. The van der Waals surface area contributed by atoms with Crippen LogP contribution in [0.5, 0.6) is 5.75 Å². The van der Waals surface area contributed by atoms with Gasteiger partial charge in [0.2, 0.25) is 0 Å². The van der Waals surface area contributed by atoms with Gasteiger partial charge in [-0.1, -0.05) is 13.0 Å². The molecule has 1 fully saturated rings. The van der Waals surface area contributed by atoms with Gasteiger partial charge in [0, 0.05) is 6.42 Å². The minimum absolute atomic E-state index is 0.0643. The van der Waals surface area contributed by atoms with Gasteiger partial charge in [0.1, 0.15) is 17.6 Å². The number of carbonyl (C=O) groups excluding carboxylic acids is 1. The molecule has 2 heteroatoms. The molecule has 1 aromatic rings. The van der Waals surface area contributed by atoms with Gasteiger partial charge in [-0.25, -0.2) is 0 Å². The molecule has 1 saturated carbocycles. The average molecular weight is 244 g/mol. The Hall–Kier alpha value is -1.31. The first-order valence-electron chi connectivity index (χ1n) is 6.95. The Morgan fingerprint density at radius 1 is 1.33 bits per heavy atom. The summed E-state index contributed by atoms with van der Waals surface area (Å²) in [6.45, 7) is 4.09. The van der Waals surface area contributed by atoms with Crippen molar-refractivity contribution < 1.29 is 9.53 Å². The zero-order valence-electron chi connectivity index (χ0n) is 11.2. The predicted octanol–water partition coefficient (Wildman–Crippen LogP) is 3.31. The van der Waals surface area contributed by atoms with E-state index >= 15 is 0 Å². The first kappa shape index (κ1) is 11.8. The van der Waals surface area contributed by atoms with Gasteiger partial charge in [-0.15, -0.1) is 0 Å².